The molecule has 3 heterocycles. The predicted molar refractivity (Wildman–Crippen MR) is 120 cm³/mol. The van der Waals surface area contributed by atoms with E-state index in [2.05, 4.69) is 40.2 Å². The number of aryl methyl sites for hydroxylation is 2. The Morgan fingerprint density at radius 3 is 2.23 bits per heavy atom. The second-order valence-electron chi connectivity index (χ2n) is 7.35. The van der Waals surface area contributed by atoms with Crippen molar-refractivity contribution in [2.24, 2.45) is 14.1 Å². The topological polar surface area (TPSA) is 66.2 Å². The number of benzene rings is 2. The molecule has 150 valence electrons. The highest BCUT2D eigenvalue weighted by Gasteiger charge is 2.21. The van der Waals surface area contributed by atoms with Gasteiger partial charge in [-0.25, -0.2) is 4.79 Å². The molecule has 0 unspecified atom stereocenters. The first-order valence-electron chi connectivity index (χ1n) is 9.39. The fraction of sp³-hybridized carbons (Fsp3) is 0.136. The van der Waals surface area contributed by atoms with Gasteiger partial charge in [-0.05, 0) is 31.2 Å². The molecular formula is C22H18BrN5O2. The minimum Gasteiger partial charge on any atom is -0.279 e. The Balaban J connectivity index is 1.95. The van der Waals surface area contributed by atoms with Crippen LogP contribution in [0.2, 0.25) is 0 Å². The van der Waals surface area contributed by atoms with E-state index in [0.29, 0.717) is 16.9 Å². The van der Waals surface area contributed by atoms with Crippen molar-refractivity contribution in [1.82, 2.24) is 23.1 Å². The van der Waals surface area contributed by atoms with Gasteiger partial charge in [-0.2, -0.15) is 4.98 Å². The van der Waals surface area contributed by atoms with Gasteiger partial charge in [-0.3, -0.25) is 22.9 Å². The lowest BCUT2D eigenvalue weighted by Crippen LogP contribution is -2.37. The SMILES string of the molecule is Cc1ccc(-c2cn3c4c(=O)n(C)c(=O)n(C)c4nc3n2-c2ccc(Br)cc2)cc1. The van der Waals surface area contributed by atoms with Gasteiger partial charge in [0, 0.05) is 36.0 Å². The summed E-state index contributed by atoms with van der Waals surface area (Å²) >= 11 is 3.48. The molecule has 0 radical (unpaired) electrons. The summed E-state index contributed by atoms with van der Waals surface area (Å²) in [6.45, 7) is 2.04. The van der Waals surface area contributed by atoms with E-state index >= 15 is 0 Å². The zero-order chi connectivity index (χ0) is 21.2. The second-order valence-corrected chi connectivity index (χ2v) is 8.27. The van der Waals surface area contributed by atoms with E-state index in [1.54, 1.807) is 11.4 Å². The van der Waals surface area contributed by atoms with Crippen LogP contribution in [0.4, 0.5) is 0 Å². The van der Waals surface area contributed by atoms with Gasteiger partial charge in [0.2, 0.25) is 5.78 Å². The van der Waals surface area contributed by atoms with Gasteiger partial charge in [0.05, 0.1) is 5.69 Å². The Bertz CT molecular complexity index is 1550. The van der Waals surface area contributed by atoms with Crippen LogP contribution < -0.4 is 11.2 Å². The third kappa shape index (κ3) is 2.60. The molecule has 30 heavy (non-hydrogen) atoms. The molecule has 0 N–H and O–H groups in total. The average molecular weight is 464 g/mol. The van der Waals surface area contributed by atoms with E-state index in [1.165, 1.54) is 17.2 Å². The lowest BCUT2D eigenvalue weighted by molar-refractivity contribution is 0.708. The largest absolute Gasteiger partial charge is 0.332 e. The first-order valence-corrected chi connectivity index (χ1v) is 10.2. The first-order chi connectivity index (χ1) is 14.4. The number of hydrogen-bond donors (Lipinski definition) is 0. The predicted octanol–water partition coefficient (Wildman–Crippen LogP) is 3.41. The van der Waals surface area contributed by atoms with Gasteiger partial charge in [-0.15, -0.1) is 0 Å². The molecule has 0 aliphatic carbocycles. The Morgan fingerprint density at radius 2 is 1.57 bits per heavy atom. The monoisotopic (exact) mass is 463 g/mol. The number of rotatable bonds is 2. The molecule has 3 aromatic heterocycles. The number of imidazole rings is 2. The summed E-state index contributed by atoms with van der Waals surface area (Å²) in [6.07, 6.45) is 1.91. The number of hydrogen-bond acceptors (Lipinski definition) is 3. The number of halogens is 1. The van der Waals surface area contributed by atoms with Crippen molar-refractivity contribution in [3.8, 4) is 16.9 Å². The van der Waals surface area contributed by atoms with E-state index in [4.69, 9.17) is 4.98 Å². The van der Waals surface area contributed by atoms with Gasteiger partial charge in [0.15, 0.2) is 11.2 Å². The van der Waals surface area contributed by atoms with Crippen LogP contribution in [-0.2, 0) is 14.1 Å². The van der Waals surface area contributed by atoms with E-state index in [-0.39, 0.29) is 5.56 Å². The maximum absolute atomic E-state index is 12.9. The van der Waals surface area contributed by atoms with E-state index in [1.807, 2.05) is 42.0 Å². The van der Waals surface area contributed by atoms with Crippen LogP contribution in [0, 0.1) is 6.92 Å². The Morgan fingerprint density at radius 1 is 0.900 bits per heavy atom. The quantitative estimate of drug-likeness (QED) is 0.402. The van der Waals surface area contributed by atoms with Crippen LogP contribution in [0.15, 0.2) is 68.8 Å². The lowest BCUT2D eigenvalue weighted by Gasteiger charge is -2.09. The molecule has 0 aliphatic heterocycles. The fourth-order valence-electron chi connectivity index (χ4n) is 3.74. The Labute approximate surface area is 179 Å². The highest BCUT2D eigenvalue weighted by Crippen LogP contribution is 2.29. The third-order valence-corrected chi connectivity index (χ3v) is 5.93. The minimum absolute atomic E-state index is 0.361. The summed E-state index contributed by atoms with van der Waals surface area (Å²) in [5.41, 5.74) is 3.94. The molecule has 0 saturated carbocycles. The van der Waals surface area contributed by atoms with Gasteiger partial charge in [0.25, 0.3) is 5.56 Å². The third-order valence-electron chi connectivity index (χ3n) is 5.40. The number of nitrogens with zero attached hydrogens (tertiary/aromatic N) is 5. The zero-order valence-electron chi connectivity index (χ0n) is 16.6. The lowest BCUT2D eigenvalue weighted by atomic mass is 10.1. The standard InChI is InChI=1S/C22H18BrN5O2/c1-13-4-6-14(7-5-13)17-12-27-18-19(25(2)22(30)26(3)20(18)29)24-21(27)28(17)16-10-8-15(23)9-11-16/h4-12H,1-3H3. The molecule has 5 aromatic rings. The summed E-state index contributed by atoms with van der Waals surface area (Å²) < 4.78 is 7.26. The van der Waals surface area contributed by atoms with Crippen molar-refractivity contribution in [3.05, 3.63) is 85.6 Å². The summed E-state index contributed by atoms with van der Waals surface area (Å²) in [5.74, 6) is 0.571. The molecule has 0 aliphatic rings. The molecule has 0 spiro atoms. The first kappa shape index (κ1) is 18.6. The van der Waals surface area contributed by atoms with Crippen molar-refractivity contribution in [2.45, 2.75) is 6.92 Å². The van der Waals surface area contributed by atoms with Gasteiger partial charge >= 0.3 is 5.69 Å². The Hall–Kier alpha value is -3.39. The molecule has 0 atom stereocenters. The van der Waals surface area contributed by atoms with Crippen LogP contribution in [0.1, 0.15) is 5.56 Å². The van der Waals surface area contributed by atoms with Gasteiger partial charge in [0.1, 0.15) is 0 Å². The molecule has 8 heteroatoms. The van der Waals surface area contributed by atoms with Crippen LogP contribution in [0.3, 0.4) is 0 Å². The van der Waals surface area contributed by atoms with Crippen LogP contribution in [0.5, 0.6) is 0 Å². The van der Waals surface area contributed by atoms with Crippen LogP contribution in [-0.4, -0.2) is 23.1 Å². The molecule has 0 bridgehead atoms. The normalized spacial score (nSPS) is 11.6. The van der Waals surface area contributed by atoms with Crippen molar-refractivity contribution in [2.75, 3.05) is 0 Å². The van der Waals surface area contributed by atoms with Gasteiger partial charge < -0.3 is 0 Å². The van der Waals surface area contributed by atoms with E-state index in [0.717, 1.165) is 26.0 Å². The number of aromatic nitrogens is 5. The number of fused-ring (bicyclic) bond motifs is 3. The van der Waals surface area contributed by atoms with Crippen LogP contribution in [0.25, 0.3) is 33.9 Å². The summed E-state index contributed by atoms with van der Waals surface area (Å²) in [5, 5.41) is 0. The molecule has 7 nitrogen and oxygen atoms in total. The summed E-state index contributed by atoms with van der Waals surface area (Å²) in [4.78, 5) is 30.0. The van der Waals surface area contributed by atoms with Crippen molar-refractivity contribution >= 4 is 32.9 Å². The molecule has 2 aromatic carbocycles. The zero-order valence-corrected chi connectivity index (χ0v) is 18.2. The second kappa shape index (κ2) is 6.56. The minimum atomic E-state index is -0.401. The van der Waals surface area contributed by atoms with Gasteiger partial charge in [-0.1, -0.05) is 45.8 Å². The maximum atomic E-state index is 12.9. The average Bonchev–Trinajstić information content (AvgIpc) is 3.28. The molecule has 5 rings (SSSR count). The summed E-state index contributed by atoms with van der Waals surface area (Å²) in [6, 6.07) is 16.1. The molecule has 0 fully saturated rings. The molecular weight excluding hydrogens is 446 g/mol. The molecule has 0 saturated heterocycles. The van der Waals surface area contributed by atoms with E-state index in [9.17, 15) is 9.59 Å². The fourth-order valence-corrected chi connectivity index (χ4v) is 4.01. The molecule has 0 amide bonds. The van der Waals surface area contributed by atoms with Crippen molar-refractivity contribution < 1.29 is 0 Å². The smallest absolute Gasteiger partial charge is 0.279 e. The highest BCUT2D eigenvalue weighted by atomic mass is 79.9. The van der Waals surface area contributed by atoms with Crippen LogP contribution >= 0.6 is 15.9 Å². The Kier molecular flexibility index (Phi) is 4.08. The van der Waals surface area contributed by atoms with E-state index < -0.39 is 5.69 Å². The highest BCUT2D eigenvalue weighted by molar-refractivity contribution is 9.10. The summed E-state index contributed by atoms with van der Waals surface area (Å²) in [7, 11) is 3.11. The van der Waals surface area contributed by atoms with Crippen molar-refractivity contribution in [3.63, 3.8) is 0 Å². The maximum Gasteiger partial charge on any atom is 0.332 e. The van der Waals surface area contributed by atoms with Crippen molar-refractivity contribution in [1.29, 1.82) is 0 Å².